The summed E-state index contributed by atoms with van der Waals surface area (Å²) in [5, 5.41) is 12.4. The van der Waals surface area contributed by atoms with E-state index < -0.39 is 6.10 Å². The van der Waals surface area contributed by atoms with Gasteiger partial charge in [0.1, 0.15) is 12.2 Å². The second-order valence-corrected chi connectivity index (χ2v) is 5.86. The minimum Gasteiger partial charge on any atom is -0.385 e. The molecule has 2 heterocycles. The number of thiophene rings is 1. The molecule has 1 N–H and O–H groups in total. The van der Waals surface area contributed by atoms with E-state index in [0.717, 1.165) is 23.5 Å². The molecule has 2 atom stereocenters. The van der Waals surface area contributed by atoms with Gasteiger partial charge in [0.2, 0.25) is 0 Å². The molecule has 1 fully saturated rings. The molecule has 0 aliphatic carbocycles. The summed E-state index contributed by atoms with van der Waals surface area (Å²) in [6.07, 6.45) is -0.583. The molecule has 17 heavy (non-hydrogen) atoms. The molecule has 96 valence electrons. The van der Waals surface area contributed by atoms with Crippen molar-refractivity contribution in [1.29, 1.82) is 0 Å². The quantitative estimate of drug-likeness (QED) is 0.899. The van der Waals surface area contributed by atoms with Crippen LogP contribution in [0.15, 0.2) is 11.4 Å². The first kappa shape index (κ1) is 13.0. The van der Waals surface area contributed by atoms with Crippen LogP contribution < -0.4 is 0 Å². The average Bonchev–Trinajstić information content (AvgIpc) is 2.74. The summed E-state index contributed by atoms with van der Waals surface area (Å²) in [5.74, 6) is 0. The van der Waals surface area contributed by atoms with Crippen LogP contribution in [0.2, 0.25) is 0 Å². The molecule has 1 aromatic heterocycles. The van der Waals surface area contributed by atoms with E-state index in [-0.39, 0.29) is 6.10 Å². The molecule has 1 saturated heterocycles. The van der Waals surface area contributed by atoms with Crippen molar-refractivity contribution in [2.24, 2.45) is 0 Å². The van der Waals surface area contributed by atoms with Crippen LogP contribution in [0.5, 0.6) is 0 Å². The maximum absolute atomic E-state index is 10.4. The molecule has 2 rings (SSSR count). The topological polar surface area (TPSA) is 32.7 Å². The van der Waals surface area contributed by atoms with Gasteiger partial charge >= 0.3 is 0 Å². The van der Waals surface area contributed by atoms with Crippen molar-refractivity contribution in [2.45, 2.75) is 39.0 Å². The van der Waals surface area contributed by atoms with Crippen LogP contribution in [0.4, 0.5) is 0 Å². The molecule has 0 radical (unpaired) electrons. The van der Waals surface area contributed by atoms with Crippen LogP contribution in [0, 0.1) is 6.92 Å². The molecule has 0 aromatic carbocycles. The van der Waals surface area contributed by atoms with E-state index in [2.05, 4.69) is 18.7 Å². The van der Waals surface area contributed by atoms with Crippen LogP contribution in [0.25, 0.3) is 0 Å². The maximum atomic E-state index is 10.4. The largest absolute Gasteiger partial charge is 0.385 e. The first-order valence-corrected chi connectivity index (χ1v) is 7.05. The van der Waals surface area contributed by atoms with Gasteiger partial charge < -0.3 is 9.84 Å². The zero-order valence-corrected chi connectivity index (χ0v) is 11.5. The highest BCUT2D eigenvalue weighted by Gasteiger charge is 2.30. The third-order valence-electron chi connectivity index (χ3n) is 3.38. The standard InChI is InChI=1S/C13H21NO2S/c1-9(2)14-5-6-16-11(8-14)12(15)13-10(3)4-7-17-13/h4,7,9,11-12,15H,5-6,8H2,1-3H3. The summed E-state index contributed by atoms with van der Waals surface area (Å²) >= 11 is 1.61. The lowest BCUT2D eigenvalue weighted by molar-refractivity contribution is -0.0953. The zero-order chi connectivity index (χ0) is 12.4. The van der Waals surface area contributed by atoms with Gasteiger partial charge in [-0.3, -0.25) is 4.90 Å². The highest BCUT2D eigenvalue weighted by Crippen LogP contribution is 2.29. The second-order valence-electron chi connectivity index (χ2n) is 4.91. The number of aliphatic hydroxyl groups excluding tert-OH is 1. The van der Waals surface area contributed by atoms with Crippen LogP contribution in [-0.4, -0.2) is 41.8 Å². The van der Waals surface area contributed by atoms with Crippen LogP contribution >= 0.6 is 11.3 Å². The molecule has 3 nitrogen and oxygen atoms in total. The summed E-state index contributed by atoms with van der Waals surface area (Å²) in [6, 6.07) is 2.56. The molecule has 1 aliphatic rings. The highest BCUT2D eigenvalue weighted by molar-refractivity contribution is 7.10. The molecule has 1 aromatic rings. The Morgan fingerprint density at radius 3 is 2.88 bits per heavy atom. The number of rotatable bonds is 3. The lowest BCUT2D eigenvalue weighted by Gasteiger charge is -2.37. The normalized spacial score (nSPS) is 24.2. The average molecular weight is 255 g/mol. The van der Waals surface area contributed by atoms with Crippen molar-refractivity contribution in [2.75, 3.05) is 19.7 Å². The number of hydrogen-bond acceptors (Lipinski definition) is 4. The smallest absolute Gasteiger partial charge is 0.116 e. The monoisotopic (exact) mass is 255 g/mol. The van der Waals surface area contributed by atoms with Crippen molar-refractivity contribution in [3.63, 3.8) is 0 Å². The van der Waals surface area contributed by atoms with Gasteiger partial charge in [-0.25, -0.2) is 0 Å². The number of morpholine rings is 1. The number of nitrogens with zero attached hydrogens (tertiary/aromatic N) is 1. The van der Waals surface area contributed by atoms with Crippen molar-refractivity contribution in [3.8, 4) is 0 Å². The van der Waals surface area contributed by atoms with Gasteiger partial charge in [-0.05, 0) is 37.8 Å². The summed E-state index contributed by atoms with van der Waals surface area (Å²) < 4.78 is 5.71. The molecular weight excluding hydrogens is 234 g/mol. The van der Waals surface area contributed by atoms with Crippen LogP contribution in [0.1, 0.15) is 30.4 Å². The van der Waals surface area contributed by atoms with E-state index in [1.54, 1.807) is 11.3 Å². The van der Waals surface area contributed by atoms with Gasteiger partial charge in [-0.15, -0.1) is 11.3 Å². The molecule has 0 amide bonds. The number of hydrogen-bond donors (Lipinski definition) is 1. The number of aliphatic hydroxyl groups is 1. The Morgan fingerprint density at radius 2 is 2.29 bits per heavy atom. The molecular formula is C13H21NO2S. The van der Waals surface area contributed by atoms with Crippen molar-refractivity contribution in [1.82, 2.24) is 4.90 Å². The predicted octanol–water partition coefficient (Wildman–Crippen LogP) is 2.20. The van der Waals surface area contributed by atoms with E-state index in [4.69, 9.17) is 4.74 Å². The molecule has 0 spiro atoms. The second kappa shape index (κ2) is 5.48. The molecule has 0 saturated carbocycles. The van der Waals surface area contributed by atoms with Crippen molar-refractivity contribution < 1.29 is 9.84 Å². The van der Waals surface area contributed by atoms with Gasteiger partial charge in [0.25, 0.3) is 0 Å². The first-order valence-electron chi connectivity index (χ1n) is 6.17. The highest BCUT2D eigenvalue weighted by atomic mass is 32.1. The van der Waals surface area contributed by atoms with Gasteiger partial charge in [-0.2, -0.15) is 0 Å². The Kier molecular flexibility index (Phi) is 4.20. The van der Waals surface area contributed by atoms with Crippen LogP contribution in [0.3, 0.4) is 0 Å². The lowest BCUT2D eigenvalue weighted by Crippen LogP contribution is -2.47. The van der Waals surface area contributed by atoms with Gasteiger partial charge in [0.15, 0.2) is 0 Å². The minimum absolute atomic E-state index is 0.0940. The fraction of sp³-hybridized carbons (Fsp3) is 0.692. The summed E-state index contributed by atoms with van der Waals surface area (Å²) in [6.45, 7) is 8.90. The molecule has 2 unspecified atom stereocenters. The van der Waals surface area contributed by atoms with E-state index in [9.17, 15) is 5.11 Å². The lowest BCUT2D eigenvalue weighted by atomic mass is 10.1. The van der Waals surface area contributed by atoms with Crippen molar-refractivity contribution in [3.05, 3.63) is 21.9 Å². The summed E-state index contributed by atoms with van der Waals surface area (Å²) in [5.41, 5.74) is 1.16. The van der Waals surface area contributed by atoms with E-state index in [0.29, 0.717) is 12.6 Å². The Balaban J connectivity index is 2.05. The Hall–Kier alpha value is -0.420. The van der Waals surface area contributed by atoms with Gasteiger partial charge in [0, 0.05) is 24.0 Å². The minimum atomic E-state index is -0.489. The Bertz CT molecular complexity index is 364. The van der Waals surface area contributed by atoms with Gasteiger partial charge in [-0.1, -0.05) is 0 Å². The molecule has 1 aliphatic heterocycles. The third kappa shape index (κ3) is 2.88. The maximum Gasteiger partial charge on any atom is 0.116 e. The summed E-state index contributed by atoms with van der Waals surface area (Å²) in [4.78, 5) is 3.40. The Morgan fingerprint density at radius 1 is 1.53 bits per heavy atom. The number of ether oxygens (including phenoxy) is 1. The van der Waals surface area contributed by atoms with Crippen LogP contribution in [-0.2, 0) is 4.74 Å². The van der Waals surface area contributed by atoms with Gasteiger partial charge in [0.05, 0.1) is 6.61 Å². The first-order chi connectivity index (χ1) is 8.09. The third-order valence-corrected chi connectivity index (χ3v) is 4.47. The fourth-order valence-electron chi connectivity index (χ4n) is 2.21. The van der Waals surface area contributed by atoms with Crippen molar-refractivity contribution >= 4 is 11.3 Å². The SMILES string of the molecule is Cc1ccsc1C(O)C1CN(C(C)C)CCO1. The number of aryl methyl sites for hydroxylation is 1. The molecule has 0 bridgehead atoms. The van der Waals surface area contributed by atoms with E-state index in [1.165, 1.54) is 0 Å². The van der Waals surface area contributed by atoms with E-state index >= 15 is 0 Å². The predicted molar refractivity (Wildman–Crippen MR) is 70.5 cm³/mol. The Labute approximate surface area is 107 Å². The molecule has 4 heteroatoms. The summed E-state index contributed by atoms with van der Waals surface area (Å²) in [7, 11) is 0. The van der Waals surface area contributed by atoms with E-state index in [1.807, 2.05) is 18.4 Å². The zero-order valence-electron chi connectivity index (χ0n) is 10.7. The fourth-order valence-corrected chi connectivity index (χ4v) is 3.18.